The average molecular weight is 649 g/mol. The van der Waals surface area contributed by atoms with E-state index < -0.39 is 6.04 Å². The monoisotopic (exact) mass is 647 g/mol. The van der Waals surface area contributed by atoms with Gasteiger partial charge in [-0.25, -0.2) is 4.68 Å². The van der Waals surface area contributed by atoms with E-state index in [4.69, 9.17) is 19.6 Å². The highest BCUT2D eigenvalue weighted by molar-refractivity contribution is 9.10. The number of nitrogens with zero attached hydrogens (tertiary/aromatic N) is 3. The third-order valence-corrected chi connectivity index (χ3v) is 8.28. The minimum absolute atomic E-state index is 0.211. The predicted octanol–water partition coefficient (Wildman–Crippen LogP) is 7.67. The number of carbonyl (C=O) groups excluding carboxylic acids is 1. The molecule has 0 aliphatic carbocycles. The van der Waals surface area contributed by atoms with E-state index in [9.17, 15) is 4.79 Å². The number of aryl methyl sites for hydroxylation is 1. The van der Waals surface area contributed by atoms with Gasteiger partial charge in [0, 0.05) is 15.9 Å². The number of fused-ring (bicyclic) bond motifs is 1. The van der Waals surface area contributed by atoms with Gasteiger partial charge in [0.25, 0.3) is 5.91 Å². The molecule has 1 atom stereocenters. The van der Waals surface area contributed by atoms with Crippen LogP contribution in [0.2, 0.25) is 0 Å². The first-order valence-corrected chi connectivity index (χ1v) is 15.7. The van der Waals surface area contributed by atoms with Gasteiger partial charge >= 0.3 is 0 Å². The summed E-state index contributed by atoms with van der Waals surface area (Å²) in [5, 5.41) is 11.9. The maximum absolute atomic E-state index is 14.0. The van der Waals surface area contributed by atoms with E-state index in [1.54, 1.807) is 16.4 Å². The van der Waals surface area contributed by atoms with Crippen LogP contribution in [0.25, 0.3) is 0 Å². The van der Waals surface area contributed by atoms with Crippen LogP contribution in [0.5, 0.6) is 11.5 Å². The number of amides is 1. The smallest absolute Gasteiger partial charge is 0.255 e. The summed E-state index contributed by atoms with van der Waals surface area (Å²) in [5.74, 6) is 2.43. The number of rotatable bonds is 10. The molecule has 0 saturated carbocycles. The van der Waals surface area contributed by atoms with Crippen molar-refractivity contribution in [2.45, 2.75) is 52.4 Å². The van der Waals surface area contributed by atoms with Crippen LogP contribution in [0, 0.1) is 13.8 Å². The Kier molecular flexibility index (Phi) is 9.23. The molecule has 0 fully saturated rings. The first kappa shape index (κ1) is 29.7. The number of benzene rings is 3. The van der Waals surface area contributed by atoms with Crippen molar-refractivity contribution in [3.63, 3.8) is 0 Å². The van der Waals surface area contributed by atoms with Gasteiger partial charge in [0.2, 0.25) is 11.1 Å². The van der Waals surface area contributed by atoms with E-state index in [0.717, 1.165) is 38.2 Å². The number of nitrogens with one attached hydrogen (secondary N) is 2. The Morgan fingerprint density at radius 2 is 1.86 bits per heavy atom. The van der Waals surface area contributed by atoms with Crippen LogP contribution < -0.4 is 20.1 Å². The van der Waals surface area contributed by atoms with Crippen LogP contribution in [-0.4, -0.2) is 33.0 Å². The van der Waals surface area contributed by atoms with Gasteiger partial charge < -0.3 is 20.1 Å². The molecule has 3 aromatic carbocycles. The lowest BCUT2D eigenvalue weighted by Crippen LogP contribution is -2.31. The molecule has 0 radical (unpaired) electrons. The van der Waals surface area contributed by atoms with E-state index in [0.29, 0.717) is 47.1 Å². The van der Waals surface area contributed by atoms with Gasteiger partial charge in [-0.3, -0.25) is 4.79 Å². The van der Waals surface area contributed by atoms with E-state index in [2.05, 4.69) is 33.5 Å². The molecule has 42 heavy (non-hydrogen) atoms. The number of aromatic nitrogens is 3. The molecule has 1 amide bonds. The lowest BCUT2D eigenvalue weighted by molar-refractivity contribution is -0.113. The van der Waals surface area contributed by atoms with Crippen LogP contribution in [0.15, 0.2) is 81.6 Å². The third kappa shape index (κ3) is 6.34. The summed E-state index contributed by atoms with van der Waals surface area (Å²) >= 11 is 5.07. The molecular formula is C32H34BrN5O3S. The van der Waals surface area contributed by atoms with E-state index in [-0.39, 0.29) is 5.91 Å². The summed E-state index contributed by atoms with van der Waals surface area (Å²) in [6, 6.07) is 19.2. The molecule has 5 rings (SSSR count). The number of ether oxygens (including phenoxy) is 2. The van der Waals surface area contributed by atoms with Gasteiger partial charge in [-0.1, -0.05) is 64.9 Å². The fraction of sp³-hybridized carbons (Fsp3) is 0.281. The zero-order chi connectivity index (χ0) is 29.8. The molecule has 4 aromatic rings. The molecule has 0 saturated heterocycles. The minimum Gasteiger partial charge on any atom is -0.490 e. The first-order valence-electron chi connectivity index (χ1n) is 13.9. The number of anilines is 2. The molecule has 0 bridgehead atoms. The number of thioether (sulfide) groups is 1. The van der Waals surface area contributed by atoms with Crippen LogP contribution in [0.4, 0.5) is 11.6 Å². The Hall–Kier alpha value is -3.76. The molecule has 2 heterocycles. The van der Waals surface area contributed by atoms with Gasteiger partial charge in [-0.15, -0.1) is 5.10 Å². The summed E-state index contributed by atoms with van der Waals surface area (Å²) in [7, 11) is 0. The van der Waals surface area contributed by atoms with Crippen molar-refractivity contribution >= 4 is 45.2 Å². The molecule has 1 aromatic heterocycles. The van der Waals surface area contributed by atoms with Crippen molar-refractivity contribution in [1.29, 1.82) is 0 Å². The van der Waals surface area contributed by atoms with E-state index >= 15 is 0 Å². The van der Waals surface area contributed by atoms with Gasteiger partial charge in [0.1, 0.15) is 12.6 Å². The average Bonchev–Trinajstić information content (AvgIpc) is 3.36. The summed E-state index contributed by atoms with van der Waals surface area (Å²) in [5.41, 5.74) is 6.03. The summed E-state index contributed by atoms with van der Waals surface area (Å²) in [6.45, 7) is 10.8. The number of hydrogen-bond acceptors (Lipinski definition) is 7. The largest absolute Gasteiger partial charge is 0.490 e. The van der Waals surface area contributed by atoms with E-state index in [1.165, 1.54) is 0 Å². The third-order valence-electron chi connectivity index (χ3n) is 7.07. The van der Waals surface area contributed by atoms with Gasteiger partial charge in [0.05, 0.1) is 12.2 Å². The highest BCUT2D eigenvalue weighted by Gasteiger charge is 2.35. The Morgan fingerprint density at radius 1 is 1.05 bits per heavy atom. The molecule has 218 valence electrons. The normalized spacial score (nSPS) is 14.3. The Bertz CT molecular complexity index is 1650. The Morgan fingerprint density at radius 3 is 2.62 bits per heavy atom. The second-order valence-electron chi connectivity index (χ2n) is 9.92. The number of carbonyl (C=O) groups is 1. The van der Waals surface area contributed by atoms with Crippen molar-refractivity contribution in [2.75, 3.05) is 23.0 Å². The summed E-state index contributed by atoms with van der Waals surface area (Å²) < 4.78 is 15.0. The molecule has 2 N–H and O–H groups in total. The fourth-order valence-corrected chi connectivity index (χ4v) is 5.87. The summed E-state index contributed by atoms with van der Waals surface area (Å²) in [4.78, 5) is 18.7. The fourth-order valence-electron chi connectivity index (χ4n) is 4.87. The lowest BCUT2D eigenvalue weighted by Gasteiger charge is -2.29. The number of hydrogen-bond donors (Lipinski definition) is 2. The Balaban J connectivity index is 1.54. The molecule has 10 heteroatoms. The molecule has 1 aliphatic rings. The quantitative estimate of drug-likeness (QED) is 0.171. The first-order chi connectivity index (χ1) is 20.3. The van der Waals surface area contributed by atoms with Crippen molar-refractivity contribution in [1.82, 2.24) is 14.8 Å². The molecule has 1 aliphatic heterocycles. The number of halogens is 1. The van der Waals surface area contributed by atoms with Crippen molar-refractivity contribution in [3.8, 4) is 11.5 Å². The Labute approximate surface area is 259 Å². The van der Waals surface area contributed by atoms with Crippen LogP contribution in [0.1, 0.15) is 49.1 Å². The zero-order valence-electron chi connectivity index (χ0n) is 24.3. The molecule has 8 nitrogen and oxygen atoms in total. The van der Waals surface area contributed by atoms with Crippen molar-refractivity contribution in [2.24, 2.45) is 0 Å². The maximum Gasteiger partial charge on any atom is 0.255 e. The van der Waals surface area contributed by atoms with Gasteiger partial charge in [-0.05, 0) is 86.0 Å². The van der Waals surface area contributed by atoms with Gasteiger partial charge in [-0.2, -0.15) is 4.98 Å². The van der Waals surface area contributed by atoms with E-state index in [1.807, 2.05) is 88.4 Å². The minimum atomic E-state index is -0.539. The second kappa shape index (κ2) is 13.0. The SMILES string of the molecule is CCOc1cc(C2C(C(=O)Nc3cccc(C)c3C)=C(C)Nc3nc(SCC)nn32)ccc1OCc1cccc(Br)c1. The number of allylic oxidation sites excluding steroid dienone is 1. The van der Waals surface area contributed by atoms with Crippen molar-refractivity contribution in [3.05, 3.63) is 98.7 Å². The highest BCUT2D eigenvalue weighted by atomic mass is 79.9. The molecule has 1 unspecified atom stereocenters. The van der Waals surface area contributed by atoms with Gasteiger partial charge in [0.15, 0.2) is 11.5 Å². The van der Waals surface area contributed by atoms with Crippen LogP contribution in [0.3, 0.4) is 0 Å². The predicted molar refractivity (Wildman–Crippen MR) is 172 cm³/mol. The lowest BCUT2D eigenvalue weighted by atomic mass is 9.94. The van der Waals surface area contributed by atoms with Crippen LogP contribution >= 0.6 is 27.7 Å². The highest BCUT2D eigenvalue weighted by Crippen LogP contribution is 2.40. The molecular weight excluding hydrogens is 614 g/mol. The zero-order valence-corrected chi connectivity index (χ0v) is 26.7. The van der Waals surface area contributed by atoms with Crippen LogP contribution in [-0.2, 0) is 11.4 Å². The summed E-state index contributed by atoms with van der Waals surface area (Å²) in [6.07, 6.45) is 0. The topological polar surface area (TPSA) is 90.3 Å². The molecule has 0 spiro atoms. The maximum atomic E-state index is 14.0. The standard InChI is InChI=1S/C32H34BrN5O3S/c1-6-40-27-17-23(14-15-26(27)41-18-22-11-9-12-24(33)16-22)29-28(30(39)35-25-13-8-10-19(3)20(25)4)21(5)34-31-36-32(42-7-2)37-38(29)31/h8-17,29H,6-7,18H2,1-5H3,(H,35,39)(H,34,36,37). The second-order valence-corrected chi connectivity index (χ2v) is 12.1. The van der Waals surface area contributed by atoms with Crippen molar-refractivity contribution < 1.29 is 14.3 Å².